The molecule has 0 aliphatic carbocycles. The second-order valence-corrected chi connectivity index (χ2v) is 6.13. The third kappa shape index (κ3) is 3.60. The van der Waals surface area contributed by atoms with Crippen LogP contribution in [0.3, 0.4) is 0 Å². The standard InChI is InChI=1S/C16H14BrN5O2/c1-10(20-15-7-6-13(8-18-15)22(23)24)16-19-9-14(21-16)11-2-4-12(17)5-3-11/h2-10H,1H3,(H,18,20)(H,19,21). The summed E-state index contributed by atoms with van der Waals surface area (Å²) in [4.78, 5) is 21.9. The Labute approximate surface area is 146 Å². The highest BCUT2D eigenvalue weighted by Crippen LogP contribution is 2.23. The Balaban J connectivity index is 1.72. The van der Waals surface area contributed by atoms with Crippen molar-refractivity contribution >= 4 is 27.4 Å². The number of nitrogens with one attached hydrogen (secondary N) is 2. The molecule has 0 saturated carbocycles. The number of imidazole rings is 1. The minimum absolute atomic E-state index is 0.0382. The SMILES string of the molecule is CC(Nc1ccc([N+](=O)[O-])cn1)c1ncc(-c2ccc(Br)cc2)[nH]1. The number of nitrogens with zero attached hydrogens (tertiary/aromatic N) is 3. The topological polar surface area (TPSA) is 96.7 Å². The van der Waals surface area contributed by atoms with E-state index in [0.29, 0.717) is 5.82 Å². The molecule has 1 unspecified atom stereocenters. The lowest BCUT2D eigenvalue weighted by Crippen LogP contribution is -2.09. The van der Waals surface area contributed by atoms with E-state index in [2.05, 4.69) is 36.2 Å². The molecule has 24 heavy (non-hydrogen) atoms. The fourth-order valence-corrected chi connectivity index (χ4v) is 2.47. The predicted octanol–water partition coefficient (Wildman–Crippen LogP) is 4.32. The average molecular weight is 388 g/mol. The monoisotopic (exact) mass is 387 g/mol. The fraction of sp³-hybridized carbons (Fsp3) is 0.125. The average Bonchev–Trinajstić information content (AvgIpc) is 3.06. The van der Waals surface area contributed by atoms with Gasteiger partial charge >= 0.3 is 0 Å². The lowest BCUT2D eigenvalue weighted by atomic mass is 10.2. The molecule has 2 N–H and O–H groups in total. The molecule has 8 heteroatoms. The second kappa shape index (κ2) is 6.79. The van der Waals surface area contributed by atoms with Crippen molar-refractivity contribution in [3.63, 3.8) is 0 Å². The summed E-state index contributed by atoms with van der Waals surface area (Å²) in [7, 11) is 0. The molecular formula is C16H14BrN5O2. The molecule has 2 heterocycles. The van der Waals surface area contributed by atoms with Crippen LogP contribution in [0.5, 0.6) is 0 Å². The van der Waals surface area contributed by atoms with Gasteiger partial charge in [-0.2, -0.15) is 0 Å². The van der Waals surface area contributed by atoms with Gasteiger partial charge in [0.05, 0.1) is 22.9 Å². The van der Waals surface area contributed by atoms with E-state index in [4.69, 9.17) is 0 Å². The number of aromatic amines is 1. The minimum atomic E-state index is -0.475. The van der Waals surface area contributed by atoms with Crippen molar-refractivity contribution < 1.29 is 4.92 Å². The number of halogens is 1. The van der Waals surface area contributed by atoms with Crippen LogP contribution in [-0.4, -0.2) is 19.9 Å². The van der Waals surface area contributed by atoms with Gasteiger partial charge < -0.3 is 10.3 Å². The zero-order valence-electron chi connectivity index (χ0n) is 12.7. The maximum Gasteiger partial charge on any atom is 0.287 e. The summed E-state index contributed by atoms with van der Waals surface area (Å²) in [6, 6.07) is 10.8. The Morgan fingerprint density at radius 3 is 2.54 bits per heavy atom. The van der Waals surface area contributed by atoms with Gasteiger partial charge in [-0.1, -0.05) is 28.1 Å². The van der Waals surface area contributed by atoms with E-state index >= 15 is 0 Å². The van der Waals surface area contributed by atoms with Crippen LogP contribution < -0.4 is 5.32 Å². The quantitative estimate of drug-likeness (QED) is 0.501. The predicted molar refractivity (Wildman–Crippen MR) is 94.7 cm³/mol. The number of benzene rings is 1. The molecule has 0 aliphatic rings. The van der Waals surface area contributed by atoms with Gasteiger partial charge in [-0.3, -0.25) is 10.1 Å². The molecule has 2 aromatic heterocycles. The highest BCUT2D eigenvalue weighted by Gasteiger charge is 2.12. The number of aromatic nitrogens is 3. The largest absolute Gasteiger partial charge is 0.360 e. The third-order valence-corrected chi connectivity index (χ3v) is 4.01. The second-order valence-electron chi connectivity index (χ2n) is 5.21. The fourth-order valence-electron chi connectivity index (χ4n) is 2.20. The van der Waals surface area contributed by atoms with Crippen LogP contribution in [0.15, 0.2) is 53.3 Å². The molecule has 0 radical (unpaired) electrons. The van der Waals surface area contributed by atoms with Crippen LogP contribution >= 0.6 is 15.9 Å². The summed E-state index contributed by atoms with van der Waals surface area (Å²) < 4.78 is 1.02. The first kappa shape index (κ1) is 16.1. The van der Waals surface area contributed by atoms with Crippen LogP contribution in [-0.2, 0) is 0 Å². The van der Waals surface area contributed by atoms with Crippen LogP contribution in [0.2, 0.25) is 0 Å². The summed E-state index contributed by atoms with van der Waals surface area (Å²) in [6.45, 7) is 1.94. The summed E-state index contributed by atoms with van der Waals surface area (Å²) in [6.07, 6.45) is 3.00. The molecule has 0 spiro atoms. The van der Waals surface area contributed by atoms with E-state index in [1.54, 1.807) is 12.3 Å². The maximum absolute atomic E-state index is 10.6. The molecule has 0 saturated heterocycles. The number of hydrogen-bond donors (Lipinski definition) is 2. The molecule has 0 amide bonds. The van der Waals surface area contributed by atoms with Gasteiger partial charge in [-0.25, -0.2) is 9.97 Å². The summed E-state index contributed by atoms with van der Waals surface area (Å²) in [5, 5.41) is 13.8. The molecule has 0 fully saturated rings. The number of rotatable bonds is 5. The summed E-state index contributed by atoms with van der Waals surface area (Å²) >= 11 is 3.41. The summed E-state index contributed by atoms with van der Waals surface area (Å²) in [5.74, 6) is 1.31. The van der Waals surface area contributed by atoms with Gasteiger partial charge in [0.2, 0.25) is 0 Å². The van der Waals surface area contributed by atoms with E-state index in [1.165, 1.54) is 12.3 Å². The van der Waals surface area contributed by atoms with Gasteiger partial charge in [-0.05, 0) is 30.7 Å². The Bertz CT molecular complexity index is 846. The lowest BCUT2D eigenvalue weighted by molar-refractivity contribution is -0.385. The summed E-state index contributed by atoms with van der Waals surface area (Å²) in [5.41, 5.74) is 1.92. The Kier molecular flexibility index (Phi) is 4.57. The first-order valence-corrected chi connectivity index (χ1v) is 8.00. The van der Waals surface area contributed by atoms with Crippen LogP contribution in [0.25, 0.3) is 11.3 Å². The number of hydrogen-bond acceptors (Lipinski definition) is 5. The highest BCUT2D eigenvalue weighted by atomic mass is 79.9. The van der Waals surface area contributed by atoms with E-state index in [0.717, 1.165) is 21.6 Å². The molecular weight excluding hydrogens is 374 g/mol. The zero-order chi connectivity index (χ0) is 17.1. The number of pyridine rings is 1. The van der Waals surface area contributed by atoms with Gasteiger partial charge in [0.25, 0.3) is 5.69 Å². The van der Waals surface area contributed by atoms with Crippen LogP contribution in [0.4, 0.5) is 11.5 Å². The third-order valence-electron chi connectivity index (χ3n) is 3.48. The van der Waals surface area contributed by atoms with E-state index in [1.807, 2.05) is 31.2 Å². The molecule has 3 rings (SSSR count). The molecule has 1 atom stereocenters. The molecule has 1 aromatic carbocycles. The number of H-pyrrole nitrogens is 1. The maximum atomic E-state index is 10.6. The van der Waals surface area contributed by atoms with Gasteiger partial charge in [-0.15, -0.1) is 0 Å². The van der Waals surface area contributed by atoms with Crippen molar-refractivity contribution in [2.45, 2.75) is 13.0 Å². The van der Waals surface area contributed by atoms with Crippen molar-refractivity contribution in [2.24, 2.45) is 0 Å². The van der Waals surface area contributed by atoms with Crippen LogP contribution in [0.1, 0.15) is 18.8 Å². The minimum Gasteiger partial charge on any atom is -0.360 e. The highest BCUT2D eigenvalue weighted by molar-refractivity contribution is 9.10. The molecule has 7 nitrogen and oxygen atoms in total. The smallest absolute Gasteiger partial charge is 0.287 e. The molecule has 122 valence electrons. The first-order valence-electron chi connectivity index (χ1n) is 7.21. The van der Waals surface area contributed by atoms with Crippen molar-refractivity contribution in [1.82, 2.24) is 15.0 Å². The van der Waals surface area contributed by atoms with Crippen molar-refractivity contribution in [2.75, 3.05) is 5.32 Å². The van der Waals surface area contributed by atoms with E-state index < -0.39 is 4.92 Å². The van der Waals surface area contributed by atoms with Gasteiger partial charge in [0.1, 0.15) is 17.8 Å². The molecule has 0 aliphatic heterocycles. The van der Waals surface area contributed by atoms with Crippen molar-refractivity contribution in [3.8, 4) is 11.3 Å². The van der Waals surface area contributed by atoms with E-state index in [9.17, 15) is 10.1 Å². The van der Waals surface area contributed by atoms with Crippen molar-refractivity contribution in [1.29, 1.82) is 0 Å². The molecule has 3 aromatic rings. The number of anilines is 1. The normalized spacial score (nSPS) is 11.9. The van der Waals surface area contributed by atoms with Gasteiger partial charge in [0.15, 0.2) is 0 Å². The Morgan fingerprint density at radius 1 is 1.17 bits per heavy atom. The van der Waals surface area contributed by atoms with Crippen LogP contribution in [0, 0.1) is 10.1 Å². The zero-order valence-corrected chi connectivity index (χ0v) is 14.3. The first-order chi connectivity index (χ1) is 11.5. The van der Waals surface area contributed by atoms with Gasteiger partial charge in [0, 0.05) is 10.5 Å². The van der Waals surface area contributed by atoms with Crippen molar-refractivity contribution in [3.05, 3.63) is 69.2 Å². The lowest BCUT2D eigenvalue weighted by Gasteiger charge is -2.11. The number of nitro groups is 1. The Hall–Kier alpha value is -2.74. The van der Waals surface area contributed by atoms with E-state index in [-0.39, 0.29) is 11.7 Å². The Morgan fingerprint density at radius 2 is 1.92 bits per heavy atom. The molecule has 0 bridgehead atoms.